The number of hydrogen-bond acceptors (Lipinski definition) is 1. The van der Waals surface area contributed by atoms with Gasteiger partial charge in [-0.1, -0.05) is 12.8 Å². The van der Waals surface area contributed by atoms with Crippen LogP contribution >= 0.6 is 0 Å². The molecule has 2 aliphatic rings. The molecule has 2 atom stereocenters. The first kappa shape index (κ1) is 11.9. The van der Waals surface area contributed by atoms with E-state index < -0.39 is 18.0 Å². The van der Waals surface area contributed by atoms with E-state index in [0.29, 0.717) is 25.2 Å². The third-order valence-electron chi connectivity index (χ3n) is 3.79. The predicted molar refractivity (Wildman–Crippen MR) is 53.9 cm³/mol. The van der Waals surface area contributed by atoms with Crippen molar-refractivity contribution in [2.75, 3.05) is 0 Å². The van der Waals surface area contributed by atoms with E-state index in [2.05, 4.69) is 0 Å². The lowest BCUT2D eigenvalue weighted by Gasteiger charge is -2.32. The molecule has 0 bridgehead atoms. The number of Topliss-reactive ketones (excluding diaryl/α,β-unsaturated/α-hetero) is 1. The Labute approximate surface area is 93.4 Å². The van der Waals surface area contributed by atoms with Crippen LogP contribution in [0.4, 0.5) is 13.2 Å². The van der Waals surface area contributed by atoms with Crippen molar-refractivity contribution in [2.24, 2.45) is 17.8 Å². The van der Waals surface area contributed by atoms with Crippen molar-refractivity contribution in [1.82, 2.24) is 0 Å². The summed E-state index contributed by atoms with van der Waals surface area (Å²) in [5.41, 5.74) is 0. The summed E-state index contributed by atoms with van der Waals surface area (Å²) < 4.78 is 38.3. The van der Waals surface area contributed by atoms with Gasteiger partial charge in [-0.3, -0.25) is 4.79 Å². The zero-order valence-electron chi connectivity index (χ0n) is 9.22. The largest absolute Gasteiger partial charge is 0.392 e. The highest BCUT2D eigenvalue weighted by molar-refractivity contribution is 5.82. The molecule has 0 aliphatic heterocycles. The van der Waals surface area contributed by atoms with Gasteiger partial charge in [0.05, 0.1) is 5.92 Å². The van der Waals surface area contributed by atoms with Crippen LogP contribution in [-0.2, 0) is 4.79 Å². The molecule has 2 aliphatic carbocycles. The Morgan fingerprint density at radius 3 is 2.25 bits per heavy atom. The molecule has 0 aromatic rings. The molecular formula is C12H17F3O. The lowest BCUT2D eigenvalue weighted by Crippen LogP contribution is -2.37. The van der Waals surface area contributed by atoms with Gasteiger partial charge in [0.15, 0.2) is 0 Å². The monoisotopic (exact) mass is 234 g/mol. The van der Waals surface area contributed by atoms with E-state index in [1.807, 2.05) is 0 Å². The van der Waals surface area contributed by atoms with Gasteiger partial charge in [-0.2, -0.15) is 13.2 Å². The van der Waals surface area contributed by atoms with E-state index in [0.717, 1.165) is 19.3 Å². The maximum absolute atomic E-state index is 12.8. The second-order valence-corrected chi connectivity index (χ2v) is 5.15. The Morgan fingerprint density at radius 1 is 1.06 bits per heavy atom. The van der Waals surface area contributed by atoms with Gasteiger partial charge in [-0.05, 0) is 31.6 Å². The number of halogens is 3. The van der Waals surface area contributed by atoms with Crippen LogP contribution < -0.4 is 0 Å². The minimum atomic E-state index is -4.19. The maximum Gasteiger partial charge on any atom is 0.392 e. The zero-order chi connectivity index (χ0) is 11.8. The molecule has 2 fully saturated rings. The van der Waals surface area contributed by atoms with E-state index in [4.69, 9.17) is 0 Å². The SMILES string of the molecule is O=C(CC1CC1)C1CCCCC1C(F)(F)F. The van der Waals surface area contributed by atoms with Crippen molar-refractivity contribution in [3.63, 3.8) is 0 Å². The van der Waals surface area contributed by atoms with Crippen LogP contribution in [-0.4, -0.2) is 12.0 Å². The molecule has 4 heteroatoms. The van der Waals surface area contributed by atoms with Gasteiger partial charge in [0.2, 0.25) is 0 Å². The number of carbonyl (C=O) groups is 1. The molecule has 0 radical (unpaired) electrons. The van der Waals surface area contributed by atoms with E-state index in [1.54, 1.807) is 0 Å². The molecule has 1 nitrogen and oxygen atoms in total. The Bertz CT molecular complexity index is 268. The van der Waals surface area contributed by atoms with Gasteiger partial charge < -0.3 is 0 Å². The number of rotatable bonds is 3. The molecule has 16 heavy (non-hydrogen) atoms. The van der Waals surface area contributed by atoms with Crippen LogP contribution in [0, 0.1) is 17.8 Å². The number of alkyl halides is 3. The first-order valence-electron chi connectivity index (χ1n) is 6.08. The van der Waals surface area contributed by atoms with Crippen molar-refractivity contribution in [3.8, 4) is 0 Å². The quantitative estimate of drug-likeness (QED) is 0.727. The van der Waals surface area contributed by atoms with E-state index in [9.17, 15) is 18.0 Å². The third kappa shape index (κ3) is 2.77. The average molecular weight is 234 g/mol. The molecule has 0 aromatic carbocycles. The molecule has 0 N–H and O–H groups in total. The summed E-state index contributed by atoms with van der Waals surface area (Å²) in [5.74, 6) is -1.85. The second kappa shape index (κ2) is 4.38. The summed E-state index contributed by atoms with van der Waals surface area (Å²) in [6.45, 7) is 0. The predicted octanol–water partition coefficient (Wildman–Crippen LogP) is 3.72. The molecule has 0 saturated heterocycles. The van der Waals surface area contributed by atoms with Crippen molar-refractivity contribution < 1.29 is 18.0 Å². The maximum atomic E-state index is 12.8. The molecule has 0 heterocycles. The second-order valence-electron chi connectivity index (χ2n) is 5.15. The lowest BCUT2D eigenvalue weighted by atomic mass is 9.75. The fraction of sp³-hybridized carbons (Fsp3) is 0.917. The van der Waals surface area contributed by atoms with Crippen molar-refractivity contribution in [2.45, 2.75) is 51.1 Å². The zero-order valence-corrected chi connectivity index (χ0v) is 9.22. The van der Waals surface area contributed by atoms with Gasteiger partial charge in [-0.25, -0.2) is 0 Å². The van der Waals surface area contributed by atoms with Crippen LogP contribution in [0.2, 0.25) is 0 Å². The van der Waals surface area contributed by atoms with Crippen LogP contribution in [0.25, 0.3) is 0 Å². The summed E-state index contributed by atoms with van der Waals surface area (Å²) in [6.07, 6.45) is 0.206. The molecule has 0 spiro atoms. The molecular weight excluding hydrogens is 217 g/mol. The van der Waals surface area contributed by atoms with E-state index in [1.165, 1.54) is 0 Å². The Kier molecular flexibility index (Phi) is 3.27. The van der Waals surface area contributed by atoms with Gasteiger partial charge in [0, 0.05) is 12.3 Å². The highest BCUT2D eigenvalue weighted by atomic mass is 19.4. The number of ketones is 1. The lowest BCUT2D eigenvalue weighted by molar-refractivity contribution is -0.197. The Hall–Kier alpha value is -0.540. The summed E-state index contributed by atoms with van der Waals surface area (Å²) in [6, 6.07) is 0. The van der Waals surface area contributed by atoms with Crippen LogP contribution in [0.5, 0.6) is 0 Å². The summed E-state index contributed by atoms with van der Waals surface area (Å²) in [5, 5.41) is 0. The molecule has 2 saturated carbocycles. The van der Waals surface area contributed by atoms with E-state index in [-0.39, 0.29) is 12.2 Å². The Balaban J connectivity index is 2.00. The summed E-state index contributed by atoms with van der Waals surface area (Å²) >= 11 is 0. The highest BCUT2D eigenvalue weighted by Crippen LogP contribution is 2.44. The summed E-state index contributed by atoms with van der Waals surface area (Å²) in [7, 11) is 0. The normalized spacial score (nSPS) is 31.4. The van der Waals surface area contributed by atoms with Crippen molar-refractivity contribution >= 4 is 5.78 Å². The van der Waals surface area contributed by atoms with Crippen LogP contribution in [0.3, 0.4) is 0 Å². The minimum Gasteiger partial charge on any atom is -0.299 e. The first-order valence-corrected chi connectivity index (χ1v) is 6.08. The Morgan fingerprint density at radius 2 is 1.69 bits per heavy atom. The van der Waals surface area contributed by atoms with E-state index >= 15 is 0 Å². The first-order chi connectivity index (χ1) is 7.48. The fourth-order valence-corrected chi connectivity index (χ4v) is 2.67. The minimum absolute atomic E-state index is 0.135. The van der Waals surface area contributed by atoms with Gasteiger partial charge in [0.1, 0.15) is 5.78 Å². The number of carbonyl (C=O) groups excluding carboxylic acids is 1. The topological polar surface area (TPSA) is 17.1 Å². The standard InChI is InChI=1S/C12H17F3O/c13-12(14,15)10-4-2-1-3-9(10)11(16)7-8-5-6-8/h8-10H,1-7H2. The molecule has 0 amide bonds. The van der Waals surface area contributed by atoms with Gasteiger partial charge in [0.25, 0.3) is 0 Å². The molecule has 2 rings (SSSR count). The average Bonchev–Trinajstić information content (AvgIpc) is 3.00. The molecule has 2 unspecified atom stereocenters. The molecule has 92 valence electrons. The molecule has 0 aromatic heterocycles. The third-order valence-corrected chi connectivity index (χ3v) is 3.79. The smallest absolute Gasteiger partial charge is 0.299 e. The number of hydrogen-bond donors (Lipinski definition) is 0. The van der Waals surface area contributed by atoms with Crippen LogP contribution in [0.15, 0.2) is 0 Å². The highest BCUT2D eigenvalue weighted by Gasteiger charge is 2.48. The fourth-order valence-electron chi connectivity index (χ4n) is 2.67. The summed E-state index contributed by atoms with van der Waals surface area (Å²) in [4.78, 5) is 11.8. The van der Waals surface area contributed by atoms with Crippen LogP contribution in [0.1, 0.15) is 44.9 Å². The van der Waals surface area contributed by atoms with Crippen molar-refractivity contribution in [3.05, 3.63) is 0 Å². The van der Waals surface area contributed by atoms with Crippen molar-refractivity contribution in [1.29, 1.82) is 0 Å². The van der Waals surface area contributed by atoms with Gasteiger partial charge in [-0.15, -0.1) is 0 Å². The van der Waals surface area contributed by atoms with Gasteiger partial charge >= 0.3 is 6.18 Å².